The predicted molar refractivity (Wildman–Crippen MR) is 161 cm³/mol. The van der Waals surface area contributed by atoms with Crippen molar-refractivity contribution in [2.75, 3.05) is 20.3 Å². The van der Waals surface area contributed by atoms with Gasteiger partial charge in [-0.05, 0) is 72.9 Å². The van der Waals surface area contributed by atoms with Gasteiger partial charge in [0.15, 0.2) is 0 Å². The molecule has 0 saturated heterocycles. The molecule has 0 bridgehead atoms. The molecule has 3 aromatic rings. The smallest absolute Gasteiger partial charge is 0.246 e. The summed E-state index contributed by atoms with van der Waals surface area (Å²) >= 11 is 1.43. The highest BCUT2D eigenvalue weighted by atomic mass is 32.1. The van der Waals surface area contributed by atoms with Gasteiger partial charge in [0, 0.05) is 55.0 Å². The number of carbonyl (C=O) groups is 1. The van der Waals surface area contributed by atoms with E-state index in [0.29, 0.717) is 22.0 Å². The molecule has 2 aromatic heterocycles. The first kappa shape index (κ1) is 30.5. The van der Waals surface area contributed by atoms with E-state index in [-0.39, 0.29) is 42.5 Å². The van der Waals surface area contributed by atoms with Gasteiger partial charge in [-0.2, -0.15) is 0 Å². The molecule has 1 amide bonds. The van der Waals surface area contributed by atoms with Crippen LogP contribution < -0.4 is 15.4 Å². The minimum absolute atomic E-state index is 0.0582. The molecule has 3 heterocycles. The lowest BCUT2D eigenvalue weighted by molar-refractivity contribution is -0.126. The molecule has 1 saturated carbocycles. The number of aromatic nitrogens is 2. The summed E-state index contributed by atoms with van der Waals surface area (Å²) in [7, 11) is 1.44. The quantitative estimate of drug-likeness (QED) is 0.286. The van der Waals surface area contributed by atoms with E-state index in [1.165, 1.54) is 30.6 Å². The number of halogens is 1. The van der Waals surface area contributed by atoms with Crippen LogP contribution in [0.1, 0.15) is 69.2 Å². The molecule has 1 aliphatic carbocycles. The van der Waals surface area contributed by atoms with E-state index in [1.54, 1.807) is 6.20 Å². The molecule has 1 aliphatic heterocycles. The number of thiazole rings is 1. The molecule has 2 aliphatic rings. The second-order valence-electron chi connectivity index (χ2n) is 12.8. The van der Waals surface area contributed by atoms with Crippen LogP contribution in [0.15, 0.2) is 42.0 Å². The van der Waals surface area contributed by atoms with Gasteiger partial charge in [-0.1, -0.05) is 20.8 Å². The van der Waals surface area contributed by atoms with Gasteiger partial charge in [-0.25, -0.2) is 14.4 Å². The second-order valence-corrected chi connectivity index (χ2v) is 13.7. The standard InChI is InChI=1S/C32H41FN4O4S/c1-31(2,3)15-21-12-24-26(16-32(6-5-7-32)41-29(24)36-17-21)35-18-27(38)25(37-28(39)19-40-4)13-20-10-22(14-23(33)11-20)30-34-8-9-42-30/h8-12,14,17,25-27,35,38H,5-7,13,15-16,18-19H2,1-4H3,(H,37,39)/t25-,26-,27-/m0/s1. The van der Waals surface area contributed by atoms with Crippen LogP contribution in [0.5, 0.6) is 5.88 Å². The third-order valence-electron chi connectivity index (χ3n) is 7.95. The van der Waals surface area contributed by atoms with Gasteiger partial charge in [-0.3, -0.25) is 4.79 Å². The van der Waals surface area contributed by atoms with Crippen LogP contribution in [0.25, 0.3) is 10.6 Å². The Morgan fingerprint density at radius 3 is 2.71 bits per heavy atom. The topological polar surface area (TPSA) is 106 Å². The predicted octanol–water partition coefficient (Wildman–Crippen LogP) is 5.00. The Kier molecular flexibility index (Phi) is 9.27. The number of pyridine rings is 1. The third-order valence-corrected chi connectivity index (χ3v) is 8.77. The van der Waals surface area contributed by atoms with Crippen LogP contribution in [0.3, 0.4) is 0 Å². The zero-order valence-corrected chi connectivity index (χ0v) is 25.6. The van der Waals surface area contributed by atoms with Crippen LogP contribution in [-0.4, -0.2) is 59.0 Å². The molecule has 42 heavy (non-hydrogen) atoms. The Morgan fingerprint density at radius 1 is 1.24 bits per heavy atom. The molecule has 1 fully saturated rings. The zero-order valence-electron chi connectivity index (χ0n) is 24.8. The van der Waals surface area contributed by atoms with E-state index in [9.17, 15) is 14.3 Å². The summed E-state index contributed by atoms with van der Waals surface area (Å²) in [4.78, 5) is 21.6. The Balaban J connectivity index is 1.35. The summed E-state index contributed by atoms with van der Waals surface area (Å²) in [6, 6.07) is 6.18. The van der Waals surface area contributed by atoms with Gasteiger partial charge in [-0.15, -0.1) is 11.3 Å². The number of nitrogens with one attached hydrogen (secondary N) is 2. The number of nitrogens with zero attached hydrogens (tertiary/aromatic N) is 2. The number of hydrogen-bond donors (Lipinski definition) is 3. The van der Waals surface area contributed by atoms with Gasteiger partial charge in [0.1, 0.15) is 23.0 Å². The number of aliphatic hydroxyl groups is 1. The molecule has 10 heteroatoms. The van der Waals surface area contributed by atoms with Crippen LogP contribution in [-0.2, 0) is 22.4 Å². The summed E-state index contributed by atoms with van der Waals surface area (Å²) in [5.41, 5.74) is 3.35. The fourth-order valence-electron chi connectivity index (χ4n) is 5.93. The third kappa shape index (κ3) is 7.53. The minimum atomic E-state index is -0.952. The average molecular weight is 597 g/mol. The SMILES string of the molecule is COCC(=O)N[C@@H](Cc1cc(F)cc(-c2nccs2)c1)[C@@H](O)CN[C@H]1CC2(CCC2)Oc2ncc(CC(C)(C)C)cc21. The van der Waals surface area contributed by atoms with Crippen molar-refractivity contribution in [2.24, 2.45) is 5.41 Å². The van der Waals surface area contributed by atoms with E-state index >= 15 is 0 Å². The first-order valence-electron chi connectivity index (χ1n) is 14.6. The maximum Gasteiger partial charge on any atom is 0.246 e. The molecular formula is C32H41FN4O4S. The molecule has 5 rings (SSSR count). The second kappa shape index (κ2) is 12.8. The lowest BCUT2D eigenvalue weighted by Gasteiger charge is -2.47. The van der Waals surface area contributed by atoms with Crippen LogP contribution in [0.2, 0.25) is 0 Å². The Labute approximate surface area is 251 Å². The average Bonchev–Trinajstić information content (AvgIpc) is 3.44. The van der Waals surface area contributed by atoms with Crippen LogP contribution in [0, 0.1) is 11.2 Å². The van der Waals surface area contributed by atoms with Crippen molar-refractivity contribution in [1.82, 2.24) is 20.6 Å². The minimum Gasteiger partial charge on any atom is -0.471 e. The van der Waals surface area contributed by atoms with Crippen molar-refractivity contribution in [1.29, 1.82) is 0 Å². The van der Waals surface area contributed by atoms with E-state index in [2.05, 4.69) is 42.5 Å². The van der Waals surface area contributed by atoms with Crippen molar-refractivity contribution in [3.8, 4) is 16.5 Å². The van der Waals surface area contributed by atoms with Crippen molar-refractivity contribution in [3.63, 3.8) is 0 Å². The molecule has 0 unspecified atom stereocenters. The summed E-state index contributed by atoms with van der Waals surface area (Å²) in [6.07, 6.45) is 7.63. The van der Waals surface area contributed by atoms with Gasteiger partial charge in [0.25, 0.3) is 0 Å². The van der Waals surface area contributed by atoms with Crippen molar-refractivity contribution in [2.45, 2.75) is 83.1 Å². The number of amides is 1. The molecule has 8 nitrogen and oxygen atoms in total. The van der Waals surface area contributed by atoms with Crippen LogP contribution >= 0.6 is 11.3 Å². The molecule has 0 radical (unpaired) electrons. The zero-order chi connectivity index (χ0) is 29.9. The molecular weight excluding hydrogens is 555 g/mol. The number of fused-ring (bicyclic) bond motifs is 1. The molecule has 1 spiro atoms. The van der Waals surface area contributed by atoms with Gasteiger partial charge in [0.05, 0.1) is 12.1 Å². The maximum atomic E-state index is 14.6. The molecule has 3 atom stereocenters. The maximum absolute atomic E-state index is 14.6. The number of methoxy groups -OCH3 is 1. The number of ether oxygens (including phenoxy) is 2. The van der Waals surface area contributed by atoms with Crippen molar-refractivity contribution < 1.29 is 23.8 Å². The fraction of sp³-hybridized carbons (Fsp3) is 0.531. The lowest BCUT2D eigenvalue weighted by Crippen LogP contribution is -2.52. The Morgan fingerprint density at radius 2 is 2.05 bits per heavy atom. The monoisotopic (exact) mass is 596 g/mol. The van der Waals surface area contributed by atoms with Gasteiger partial charge < -0.3 is 25.2 Å². The highest BCUT2D eigenvalue weighted by Gasteiger charge is 2.46. The number of carbonyl (C=O) groups excluding carboxylic acids is 1. The van der Waals surface area contributed by atoms with E-state index in [0.717, 1.165) is 43.2 Å². The van der Waals surface area contributed by atoms with E-state index < -0.39 is 18.0 Å². The van der Waals surface area contributed by atoms with Gasteiger partial charge in [0.2, 0.25) is 11.8 Å². The summed E-state index contributed by atoms with van der Waals surface area (Å²) in [5, 5.41) is 20.4. The van der Waals surface area contributed by atoms with E-state index in [1.807, 2.05) is 17.6 Å². The first-order valence-corrected chi connectivity index (χ1v) is 15.5. The normalized spacial score (nSPS) is 19.0. The molecule has 3 N–H and O–H groups in total. The first-order chi connectivity index (χ1) is 20.0. The highest BCUT2D eigenvalue weighted by molar-refractivity contribution is 7.13. The lowest BCUT2D eigenvalue weighted by atomic mass is 9.73. The van der Waals surface area contributed by atoms with Crippen molar-refractivity contribution >= 4 is 17.2 Å². The number of rotatable bonds is 11. The largest absolute Gasteiger partial charge is 0.471 e. The van der Waals surface area contributed by atoms with Crippen LogP contribution in [0.4, 0.5) is 4.39 Å². The number of benzene rings is 1. The molecule has 1 aromatic carbocycles. The van der Waals surface area contributed by atoms with Crippen molar-refractivity contribution in [3.05, 3.63) is 64.5 Å². The molecule has 226 valence electrons. The summed E-state index contributed by atoms with van der Waals surface area (Å²) in [6.45, 7) is 6.69. The summed E-state index contributed by atoms with van der Waals surface area (Å²) in [5.74, 6) is -0.0839. The number of hydrogen-bond acceptors (Lipinski definition) is 8. The summed E-state index contributed by atoms with van der Waals surface area (Å²) < 4.78 is 26.0. The fourth-order valence-corrected chi connectivity index (χ4v) is 6.55. The van der Waals surface area contributed by atoms with Gasteiger partial charge >= 0.3 is 0 Å². The number of aliphatic hydroxyl groups excluding tert-OH is 1. The Bertz CT molecular complexity index is 1370. The Hall–Kier alpha value is -2.92. The van der Waals surface area contributed by atoms with E-state index in [4.69, 9.17) is 14.5 Å². The highest BCUT2D eigenvalue weighted by Crippen LogP contribution is 2.48.